The average molecular weight is 307 g/mol. The van der Waals surface area contributed by atoms with Crippen LogP contribution in [0, 0.1) is 5.92 Å². The Labute approximate surface area is 138 Å². The van der Waals surface area contributed by atoms with E-state index in [1.165, 1.54) is 23.1 Å². The SMILES string of the molecule is COc1cccc2c1CC[C@H]1[C@@H](C(C)c3ccccc3)NC[C@@H]21. The molecule has 120 valence electrons. The lowest BCUT2D eigenvalue weighted by molar-refractivity contribution is 0.335. The van der Waals surface area contributed by atoms with Crippen molar-refractivity contribution < 1.29 is 4.74 Å². The Kier molecular flexibility index (Phi) is 3.86. The fourth-order valence-corrected chi connectivity index (χ4v) is 4.75. The molecule has 0 aromatic heterocycles. The Bertz CT molecular complexity index is 681. The standard InChI is InChI=1S/C21H25NO/c1-14(15-7-4-3-5-8-15)21-18-12-11-17-16(19(18)13-22-21)9-6-10-20(17)23-2/h3-10,14,18-19,21-22H,11-13H2,1-2H3/t14?,18-,19+,21-/m1/s1. The number of methoxy groups -OCH3 is 1. The van der Waals surface area contributed by atoms with Gasteiger partial charge < -0.3 is 10.1 Å². The van der Waals surface area contributed by atoms with E-state index in [2.05, 4.69) is 60.8 Å². The zero-order valence-electron chi connectivity index (χ0n) is 14.0. The van der Waals surface area contributed by atoms with Gasteiger partial charge in [-0.1, -0.05) is 49.4 Å². The van der Waals surface area contributed by atoms with Crippen LogP contribution >= 0.6 is 0 Å². The largest absolute Gasteiger partial charge is 0.496 e. The molecule has 2 aliphatic rings. The average Bonchev–Trinajstić information content (AvgIpc) is 3.05. The first kappa shape index (κ1) is 14.8. The van der Waals surface area contributed by atoms with Crippen molar-refractivity contribution in [3.8, 4) is 5.75 Å². The van der Waals surface area contributed by atoms with Crippen LogP contribution in [0.2, 0.25) is 0 Å². The van der Waals surface area contributed by atoms with Gasteiger partial charge in [0.15, 0.2) is 0 Å². The quantitative estimate of drug-likeness (QED) is 0.921. The zero-order valence-corrected chi connectivity index (χ0v) is 14.0. The number of hydrogen-bond donors (Lipinski definition) is 1. The van der Waals surface area contributed by atoms with E-state index in [1.54, 1.807) is 7.11 Å². The fraction of sp³-hybridized carbons (Fsp3) is 0.429. The van der Waals surface area contributed by atoms with E-state index in [1.807, 2.05) is 0 Å². The third-order valence-corrected chi connectivity index (χ3v) is 5.93. The Morgan fingerprint density at radius 1 is 1.09 bits per heavy atom. The van der Waals surface area contributed by atoms with Crippen LogP contribution in [0.1, 0.15) is 41.9 Å². The lowest BCUT2D eigenvalue weighted by Crippen LogP contribution is -2.34. The highest BCUT2D eigenvalue weighted by Crippen LogP contribution is 2.46. The van der Waals surface area contributed by atoms with Crippen molar-refractivity contribution in [2.45, 2.75) is 37.6 Å². The minimum absolute atomic E-state index is 0.554. The molecule has 1 unspecified atom stereocenters. The van der Waals surface area contributed by atoms with Gasteiger partial charge in [-0.3, -0.25) is 0 Å². The molecule has 0 spiro atoms. The summed E-state index contributed by atoms with van der Waals surface area (Å²) in [4.78, 5) is 0. The van der Waals surface area contributed by atoms with Gasteiger partial charge in [-0.15, -0.1) is 0 Å². The van der Waals surface area contributed by atoms with Crippen molar-refractivity contribution in [3.63, 3.8) is 0 Å². The zero-order chi connectivity index (χ0) is 15.8. The van der Waals surface area contributed by atoms with Crippen molar-refractivity contribution in [1.29, 1.82) is 0 Å². The molecular formula is C21H25NO. The van der Waals surface area contributed by atoms with Crippen LogP contribution in [0.5, 0.6) is 5.75 Å². The number of benzene rings is 2. The molecule has 1 fully saturated rings. The van der Waals surface area contributed by atoms with Gasteiger partial charge in [0.25, 0.3) is 0 Å². The van der Waals surface area contributed by atoms with Gasteiger partial charge in [0, 0.05) is 18.5 Å². The second-order valence-electron chi connectivity index (χ2n) is 6.97. The molecule has 4 atom stereocenters. The molecule has 1 aliphatic heterocycles. The molecule has 2 heteroatoms. The van der Waals surface area contributed by atoms with Crippen LogP contribution in [-0.4, -0.2) is 19.7 Å². The Morgan fingerprint density at radius 2 is 1.91 bits per heavy atom. The second kappa shape index (κ2) is 6.01. The minimum atomic E-state index is 0.554. The highest BCUT2D eigenvalue weighted by atomic mass is 16.5. The lowest BCUT2D eigenvalue weighted by atomic mass is 9.71. The second-order valence-corrected chi connectivity index (χ2v) is 6.97. The molecule has 0 radical (unpaired) electrons. The van der Waals surface area contributed by atoms with Crippen molar-refractivity contribution in [1.82, 2.24) is 5.32 Å². The third-order valence-electron chi connectivity index (χ3n) is 5.93. The molecular weight excluding hydrogens is 282 g/mol. The normalized spacial score (nSPS) is 27.1. The fourth-order valence-electron chi connectivity index (χ4n) is 4.75. The molecule has 2 nitrogen and oxygen atoms in total. The van der Waals surface area contributed by atoms with Gasteiger partial charge in [-0.05, 0) is 47.4 Å². The smallest absolute Gasteiger partial charge is 0.122 e. The third kappa shape index (κ3) is 2.46. The molecule has 0 saturated carbocycles. The first-order chi connectivity index (χ1) is 11.3. The summed E-state index contributed by atoms with van der Waals surface area (Å²) in [6.45, 7) is 3.46. The number of hydrogen-bond acceptors (Lipinski definition) is 2. The Balaban J connectivity index is 1.63. The minimum Gasteiger partial charge on any atom is -0.496 e. The van der Waals surface area contributed by atoms with Crippen molar-refractivity contribution in [2.24, 2.45) is 5.92 Å². The van der Waals surface area contributed by atoms with Crippen LogP contribution < -0.4 is 10.1 Å². The van der Waals surface area contributed by atoms with E-state index in [0.29, 0.717) is 17.9 Å². The number of ether oxygens (including phenoxy) is 1. The molecule has 1 aliphatic carbocycles. The molecule has 2 aromatic carbocycles. The number of rotatable bonds is 3. The van der Waals surface area contributed by atoms with Crippen LogP contribution in [0.4, 0.5) is 0 Å². The molecule has 0 bridgehead atoms. The first-order valence-electron chi connectivity index (χ1n) is 8.73. The van der Waals surface area contributed by atoms with Crippen molar-refractivity contribution >= 4 is 0 Å². The van der Waals surface area contributed by atoms with Gasteiger partial charge in [-0.2, -0.15) is 0 Å². The van der Waals surface area contributed by atoms with Crippen LogP contribution in [-0.2, 0) is 6.42 Å². The predicted octanol–water partition coefficient (Wildman–Crippen LogP) is 4.12. The van der Waals surface area contributed by atoms with Crippen molar-refractivity contribution in [2.75, 3.05) is 13.7 Å². The van der Waals surface area contributed by atoms with Crippen LogP contribution in [0.15, 0.2) is 48.5 Å². The summed E-state index contributed by atoms with van der Waals surface area (Å²) in [6, 6.07) is 18.1. The lowest BCUT2D eigenvalue weighted by Gasteiger charge is -2.34. The van der Waals surface area contributed by atoms with E-state index >= 15 is 0 Å². The maximum Gasteiger partial charge on any atom is 0.122 e. The van der Waals surface area contributed by atoms with Crippen molar-refractivity contribution in [3.05, 3.63) is 65.2 Å². The van der Waals surface area contributed by atoms with Gasteiger partial charge in [-0.25, -0.2) is 0 Å². The number of fused-ring (bicyclic) bond motifs is 3. The van der Waals surface area contributed by atoms with E-state index in [4.69, 9.17) is 4.74 Å². The summed E-state index contributed by atoms with van der Waals surface area (Å²) in [5.41, 5.74) is 4.39. The van der Waals surface area contributed by atoms with E-state index in [0.717, 1.165) is 24.6 Å². The van der Waals surface area contributed by atoms with Gasteiger partial charge in [0.05, 0.1) is 7.11 Å². The first-order valence-corrected chi connectivity index (χ1v) is 8.73. The molecule has 2 aromatic rings. The summed E-state index contributed by atoms with van der Waals surface area (Å²) in [6.07, 6.45) is 2.40. The summed E-state index contributed by atoms with van der Waals surface area (Å²) in [5, 5.41) is 3.83. The monoisotopic (exact) mass is 307 g/mol. The number of nitrogens with one attached hydrogen (secondary N) is 1. The topological polar surface area (TPSA) is 21.3 Å². The molecule has 1 heterocycles. The summed E-state index contributed by atoms with van der Waals surface area (Å²) in [5.74, 6) is 2.98. The molecule has 0 amide bonds. The Morgan fingerprint density at radius 3 is 2.70 bits per heavy atom. The maximum atomic E-state index is 5.58. The van der Waals surface area contributed by atoms with Gasteiger partial charge in [0.2, 0.25) is 0 Å². The van der Waals surface area contributed by atoms with Gasteiger partial charge in [0.1, 0.15) is 5.75 Å². The van der Waals surface area contributed by atoms with E-state index < -0.39 is 0 Å². The summed E-state index contributed by atoms with van der Waals surface area (Å²) < 4.78 is 5.58. The van der Waals surface area contributed by atoms with E-state index in [9.17, 15) is 0 Å². The Hall–Kier alpha value is -1.80. The molecule has 1 N–H and O–H groups in total. The molecule has 4 rings (SSSR count). The van der Waals surface area contributed by atoms with E-state index in [-0.39, 0.29) is 0 Å². The summed E-state index contributed by atoms with van der Waals surface area (Å²) in [7, 11) is 1.79. The van der Waals surface area contributed by atoms with Crippen LogP contribution in [0.3, 0.4) is 0 Å². The summed E-state index contributed by atoms with van der Waals surface area (Å²) >= 11 is 0. The molecule has 23 heavy (non-hydrogen) atoms. The molecule has 1 saturated heterocycles. The highest BCUT2D eigenvalue weighted by molar-refractivity contribution is 5.45. The maximum absolute atomic E-state index is 5.58. The predicted molar refractivity (Wildman–Crippen MR) is 94.2 cm³/mol. The van der Waals surface area contributed by atoms with Gasteiger partial charge >= 0.3 is 0 Å². The van der Waals surface area contributed by atoms with Crippen LogP contribution in [0.25, 0.3) is 0 Å². The highest BCUT2D eigenvalue weighted by Gasteiger charge is 2.42.